The fourth-order valence-electron chi connectivity index (χ4n) is 3.49. The van der Waals surface area contributed by atoms with E-state index in [1.807, 2.05) is 37.3 Å². The molecule has 0 unspecified atom stereocenters. The maximum atomic E-state index is 12.9. The minimum Gasteiger partial charge on any atom is -0.507 e. The molecule has 0 fully saturated rings. The van der Waals surface area contributed by atoms with Crippen molar-refractivity contribution in [3.05, 3.63) is 82.3 Å². The molecule has 1 aromatic heterocycles. The Bertz CT molecular complexity index is 1360. The number of amides is 1. The Hall–Kier alpha value is -4.00. The molecule has 1 heterocycles. The molecule has 7 nitrogen and oxygen atoms in total. The predicted molar refractivity (Wildman–Crippen MR) is 122 cm³/mol. The fraction of sp³-hybridized carbons (Fsp3) is 0.167. The van der Waals surface area contributed by atoms with Crippen LogP contribution in [0.3, 0.4) is 0 Å². The van der Waals surface area contributed by atoms with Gasteiger partial charge in [-0.1, -0.05) is 61.9 Å². The standard InChI is InChI=1S/C24H22N4O3/c1-2-3-14-28-24(31)19-11-7-6-10-18(19)22(27-28)23(30)26-25-15-20-17-9-5-4-8-16(17)12-13-21(20)29/h4-13,15,29H,2-3,14H2,1H3,(H,26,30)/b25-15+. The van der Waals surface area contributed by atoms with Crippen LogP contribution in [0.4, 0.5) is 0 Å². The number of phenolic OH excluding ortho intramolecular Hbond substituents is 1. The number of carbonyl (C=O) groups is 1. The van der Waals surface area contributed by atoms with Crippen molar-refractivity contribution < 1.29 is 9.90 Å². The number of nitrogens with zero attached hydrogens (tertiary/aromatic N) is 3. The number of hydrogen-bond donors (Lipinski definition) is 2. The van der Waals surface area contributed by atoms with Gasteiger partial charge in [-0.2, -0.15) is 10.2 Å². The van der Waals surface area contributed by atoms with Crippen LogP contribution in [0, 0.1) is 0 Å². The van der Waals surface area contributed by atoms with E-state index in [0.717, 1.165) is 23.6 Å². The van der Waals surface area contributed by atoms with Crippen LogP contribution < -0.4 is 11.0 Å². The van der Waals surface area contributed by atoms with Gasteiger partial charge in [-0.05, 0) is 29.3 Å². The Morgan fingerprint density at radius 2 is 1.77 bits per heavy atom. The summed E-state index contributed by atoms with van der Waals surface area (Å²) in [7, 11) is 0. The second kappa shape index (κ2) is 8.79. The van der Waals surface area contributed by atoms with Gasteiger partial charge in [-0.25, -0.2) is 10.1 Å². The third-order valence-electron chi connectivity index (χ3n) is 5.11. The number of unbranched alkanes of at least 4 members (excludes halogenated alkanes) is 1. The largest absolute Gasteiger partial charge is 0.507 e. The van der Waals surface area contributed by atoms with Gasteiger partial charge >= 0.3 is 0 Å². The van der Waals surface area contributed by atoms with E-state index in [4.69, 9.17) is 0 Å². The quantitative estimate of drug-likeness (QED) is 0.370. The normalized spacial score (nSPS) is 11.4. The molecule has 3 aromatic carbocycles. The number of carbonyl (C=O) groups excluding carboxylic acids is 1. The monoisotopic (exact) mass is 414 g/mol. The second-order valence-electron chi connectivity index (χ2n) is 7.19. The lowest BCUT2D eigenvalue weighted by Gasteiger charge is -2.10. The van der Waals surface area contributed by atoms with Crippen molar-refractivity contribution in [2.24, 2.45) is 5.10 Å². The summed E-state index contributed by atoms with van der Waals surface area (Å²) in [6.07, 6.45) is 3.09. The molecular weight excluding hydrogens is 392 g/mol. The summed E-state index contributed by atoms with van der Waals surface area (Å²) < 4.78 is 1.33. The van der Waals surface area contributed by atoms with Gasteiger partial charge in [0.05, 0.1) is 11.6 Å². The summed E-state index contributed by atoms with van der Waals surface area (Å²) in [5, 5.41) is 21.2. The van der Waals surface area contributed by atoms with Crippen LogP contribution in [0.1, 0.15) is 35.8 Å². The molecule has 31 heavy (non-hydrogen) atoms. The SMILES string of the molecule is CCCCn1nc(C(=O)N/N=C/c2c(O)ccc3ccccc23)c2ccccc2c1=O. The Balaban J connectivity index is 1.67. The van der Waals surface area contributed by atoms with Gasteiger partial charge in [-0.15, -0.1) is 0 Å². The highest BCUT2D eigenvalue weighted by Crippen LogP contribution is 2.25. The Labute approximate surface area is 178 Å². The molecule has 0 bridgehead atoms. The van der Waals surface area contributed by atoms with E-state index in [2.05, 4.69) is 15.6 Å². The molecule has 0 atom stereocenters. The Morgan fingerprint density at radius 3 is 2.55 bits per heavy atom. The lowest BCUT2D eigenvalue weighted by atomic mass is 10.0. The van der Waals surface area contributed by atoms with Gasteiger partial charge in [0.25, 0.3) is 11.5 Å². The van der Waals surface area contributed by atoms with Crippen molar-refractivity contribution in [1.82, 2.24) is 15.2 Å². The van der Waals surface area contributed by atoms with Gasteiger partial charge in [0, 0.05) is 17.5 Å². The van der Waals surface area contributed by atoms with Crippen molar-refractivity contribution in [3.63, 3.8) is 0 Å². The fourth-order valence-corrected chi connectivity index (χ4v) is 3.49. The Morgan fingerprint density at radius 1 is 1.06 bits per heavy atom. The predicted octanol–water partition coefficient (Wildman–Crippen LogP) is 3.82. The Kier molecular flexibility index (Phi) is 5.75. The second-order valence-corrected chi connectivity index (χ2v) is 7.19. The van der Waals surface area contributed by atoms with Crippen molar-refractivity contribution in [1.29, 1.82) is 0 Å². The molecule has 0 saturated carbocycles. The molecule has 0 radical (unpaired) electrons. The molecule has 156 valence electrons. The summed E-state index contributed by atoms with van der Waals surface area (Å²) in [6, 6.07) is 17.9. The first-order valence-corrected chi connectivity index (χ1v) is 10.1. The van der Waals surface area contributed by atoms with E-state index in [-0.39, 0.29) is 17.0 Å². The van der Waals surface area contributed by atoms with E-state index in [1.165, 1.54) is 10.9 Å². The molecule has 0 spiro atoms. The van der Waals surface area contributed by atoms with E-state index in [9.17, 15) is 14.7 Å². The average molecular weight is 414 g/mol. The van der Waals surface area contributed by atoms with E-state index >= 15 is 0 Å². The topological polar surface area (TPSA) is 96.6 Å². The van der Waals surface area contributed by atoms with Crippen molar-refractivity contribution >= 4 is 33.7 Å². The zero-order chi connectivity index (χ0) is 21.8. The summed E-state index contributed by atoms with van der Waals surface area (Å²) in [5.41, 5.74) is 2.89. The van der Waals surface area contributed by atoms with Crippen LogP contribution >= 0.6 is 0 Å². The van der Waals surface area contributed by atoms with Crippen LogP contribution in [0.25, 0.3) is 21.5 Å². The van der Waals surface area contributed by atoms with Gasteiger partial charge in [0.15, 0.2) is 5.69 Å². The molecule has 2 N–H and O–H groups in total. The summed E-state index contributed by atoms with van der Waals surface area (Å²) in [4.78, 5) is 25.6. The first-order chi connectivity index (χ1) is 15.1. The number of benzene rings is 3. The molecule has 7 heteroatoms. The zero-order valence-electron chi connectivity index (χ0n) is 17.1. The van der Waals surface area contributed by atoms with Gasteiger partial charge in [0.1, 0.15) is 5.75 Å². The molecule has 0 aliphatic heterocycles. The smallest absolute Gasteiger partial charge is 0.292 e. The number of phenols is 1. The highest BCUT2D eigenvalue weighted by Gasteiger charge is 2.16. The van der Waals surface area contributed by atoms with Crippen LogP contribution in [0.2, 0.25) is 0 Å². The first-order valence-electron chi connectivity index (χ1n) is 10.1. The number of rotatable bonds is 6. The number of nitrogens with one attached hydrogen (secondary N) is 1. The highest BCUT2D eigenvalue weighted by molar-refractivity contribution is 6.06. The third kappa shape index (κ3) is 4.02. The molecule has 4 aromatic rings. The number of aromatic nitrogens is 2. The molecule has 1 amide bonds. The zero-order valence-corrected chi connectivity index (χ0v) is 17.1. The van der Waals surface area contributed by atoms with Gasteiger partial charge in [-0.3, -0.25) is 9.59 Å². The number of hydrogen-bond acceptors (Lipinski definition) is 5. The molecular formula is C24H22N4O3. The van der Waals surface area contributed by atoms with Gasteiger partial charge < -0.3 is 5.11 Å². The van der Waals surface area contributed by atoms with Crippen LogP contribution in [-0.4, -0.2) is 27.0 Å². The first kappa shape index (κ1) is 20.3. The molecule has 0 aliphatic carbocycles. The minimum atomic E-state index is -0.530. The highest BCUT2D eigenvalue weighted by atomic mass is 16.3. The summed E-state index contributed by atoms with van der Waals surface area (Å²) >= 11 is 0. The van der Waals surface area contributed by atoms with Crippen LogP contribution in [0.15, 0.2) is 70.6 Å². The van der Waals surface area contributed by atoms with Crippen molar-refractivity contribution in [2.45, 2.75) is 26.3 Å². The molecule has 4 rings (SSSR count). The van der Waals surface area contributed by atoms with Crippen molar-refractivity contribution in [2.75, 3.05) is 0 Å². The summed E-state index contributed by atoms with van der Waals surface area (Å²) in [5.74, 6) is -0.467. The van der Waals surface area contributed by atoms with Crippen LogP contribution in [-0.2, 0) is 6.54 Å². The maximum Gasteiger partial charge on any atom is 0.292 e. The van der Waals surface area contributed by atoms with Gasteiger partial charge in [0.2, 0.25) is 0 Å². The third-order valence-corrected chi connectivity index (χ3v) is 5.11. The van der Waals surface area contributed by atoms with E-state index in [1.54, 1.807) is 30.3 Å². The lowest BCUT2D eigenvalue weighted by molar-refractivity contribution is 0.0949. The van der Waals surface area contributed by atoms with Crippen LogP contribution in [0.5, 0.6) is 5.75 Å². The summed E-state index contributed by atoms with van der Waals surface area (Å²) in [6.45, 7) is 2.46. The average Bonchev–Trinajstić information content (AvgIpc) is 2.80. The number of fused-ring (bicyclic) bond motifs is 2. The molecule has 0 saturated heterocycles. The van der Waals surface area contributed by atoms with Crippen molar-refractivity contribution in [3.8, 4) is 5.75 Å². The number of hydrazone groups is 1. The minimum absolute atomic E-state index is 0.0633. The lowest BCUT2D eigenvalue weighted by Crippen LogP contribution is -2.29. The van der Waals surface area contributed by atoms with E-state index < -0.39 is 5.91 Å². The van der Waals surface area contributed by atoms with E-state index in [0.29, 0.717) is 22.9 Å². The number of aryl methyl sites for hydroxylation is 1. The number of aromatic hydroxyl groups is 1. The maximum absolute atomic E-state index is 12.9. The molecule has 0 aliphatic rings.